The van der Waals surface area contributed by atoms with E-state index in [2.05, 4.69) is 16.0 Å². The molecule has 0 aliphatic rings. The van der Waals surface area contributed by atoms with E-state index in [9.17, 15) is 19.5 Å². The third-order valence-electron chi connectivity index (χ3n) is 5.28. The average molecular weight is 568 g/mol. The fourth-order valence-electron chi connectivity index (χ4n) is 3.52. The van der Waals surface area contributed by atoms with Gasteiger partial charge < -0.3 is 30.5 Å². The summed E-state index contributed by atoms with van der Waals surface area (Å²) in [5.74, 6) is -2.12. The number of esters is 2. The number of benzene rings is 2. The molecule has 2 aromatic rings. The van der Waals surface area contributed by atoms with E-state index in [0.29, 0.717) is 13.1 Å². The Kier molecular flexibility index (Phi) is 12.2. The van der Waals surface area contributed by atoms with Gasteiger partial charge in [-0.1, -0.05) is 53.5 Å². The van der Waals surface area contributed by atoms with Gasteiger partial charge in [0.2, 0.25) is 0 Å². The van der Waals surface area contributed by atoms with Crippen molar-refractivity contribution < 1.29 is 29.0 Å². The summed E-state index contributed by atoms with van der Waals surface area (Å²) in [4.78, 5) is 36.9. The van der Waals surface area contributed by atoms with Crippen molar-refractivity contribution in [3.05, 3.63) is 57.6 Å². The van der Waals surface area contributed by atoms with E-state index in [1.807, 2.05) is 51.1 Å². The summed E-state index contributed by atoms with van der Waals surface area (Å²) in [6.07, 6.45) is 1.68. The molecule has 2 aromatic carbocycles. The van der Waals surface area contributed by atoms with Gasteiger partial charge in [-0.25, -0.2) is 4.79 Å². The number of hydrogen-bond donors (Lipinski definition) is 4. The van der Waals surface area contributed by atoms with Gasteiger partial charge in [-0.15, -0.1) is 0 Å². The largest absolute Gasteiger partial charge is 0.505 e. The molecular formula is C27H35Cl2N3O6. The molecule has 4 N–H and O–H groups in total. The molecule has 11 heteroatoms. The van der Waals surface area contributed by atoms with Crippen LogP contribution in [0.1, 0.15) is 49.5 Å². The lowest BCUT2D eigenvalue weighted by Gasteiger charge is -2.19. The van der Waals surface area contributed by atoms with Gasteiger partial charge in [0.1, 0.15) is 22.4 Å². The number of ether oxygens (including phenoxy) is 2. The van der Waals surface area contributed by atoms with Crippen LogP contribution in [0.4, 0.5) is 5.69 Å². The smallest absolute Gasteiger partial charge is 0.328 e. The van der Waals surface area contributed by atoms with Crippen molar-refractivity contribution in [1.29, 1.82) is 0 Å². The van der Waals surface area contributed by atoms with Gasteiger partial charge in [0.25, 0.3) is 5.91 Å². The zero-order chi connectivity index (χ0) is 28.3. The van der Waals surface area contributed by atoms with Gasteiger partial charge >= 0.3 is 11.9 Å². The molecule has 38 heavy (non-hydrogen) atoms. The van der Waals surface area contributed by atoms with E-state index in [1.54, 1.807) is 0 Å². The van der Waals surface area contributed by atoms with Crippen LogP contribution in [0.15, 0.2) is 36.4 Å². The van der Waals surface area contributed by atoms with Crippen molar-refractivity contribution in [2.45, 2.75) is 51.7 Å². The Hall–Kier alpha value is -3.01. The highest BCUT2D eigenvalue weighted by molar-refractivity contribution is 6.40. The van der Waals surface area contributed by atoms with E-state index in [4.69, 9.17) is 32.7 Å². The second-order valence-electron chi connectivity index (χ2n) is 9.58. The van der Waals surface area contributed by atoms with Crippen LogP contribution in [0.5, 0.6) is 5.75 Å². The number of hydrogen-bond acceptors (Lipinski definition) is 8. The van der Waals surface area contributed by atoms with Gasteiger partial charge in [-0.05, 0) is 51.8 Å². The Balaban J connectivity index is 1.93. The van der Waals surface area contributed by atoms with Gasteiger partial charge in [-0.3, -0.25) is 9.59 Å². The zero-order valence-electron chi connectivity index (χ0n) is 22.0. The lowest BCUT2D eigenvalue weighted by atomic mass is 10.0. The van der Waals surface area contributed by atoms with Crippen LogP contribution in [0, 0.1) is 0 Å². The number of phenolic OH excluding ortho intramolecular Hbond substituents is 1. The van der Waals surface area contributed by atoms with Crippen LogP contribution in [0.3, 0.4) is 0 Å². The maximum Gasteiger partial charge on any atom is 0.328 e. The molecule has 0 radical (unpaired) electrons. The number of anilines is 1. The van der Waals surface area contributed by atoms with Gasteiger partial charge in [-0.2, -0.15) is 0 Å². The molecule has 0 saturated heterocycles. The minimum atomic E-state index is -0.978. The van der Waals surface area contributed by atoms with Crippen molar-refractivity contribution in [3.63, 3.8) is 0 Å². The van der Waals surface area contributed by atoms with Crippen LogP contribution in [-0.2, 0) is 25.5 Å². The third kappa shape index (κ3) is 10.0. The van der Waals surface area contributed by atoms with Crippen LogP contribution in [0.2, 0.25) is 10.0 Å². The molecular weight excluding hydrogens is 533 g/mol. The first kappa shape index (κ1) is 31.2. The number of unbranched alkanes of at least 4 members (excludes halogenated alkanes) is 1. The second-order valence-corrected chi connectivity index (χ2v) is 10.4. The minimum Gasteiger partial charge on any atom is -0.505 e. The molecule has 0 spiro atoms. The van der Waals surface area contributed by atoms with E-state index in [0.717, 1.165) is 18.4 Å². The normalized spacial score (nSPS) is 11.9. The number of carbonyl (C=O) groups excluding carboxylic acids is 3. The number of methoxy groups -OCH3 is 1. The summed E-state index contributed by atoms with van der Waals surface area (Å²) in [7, 11) is 1.23. The van der Waals surface area contributed by atoms with Gasteiger partial charge in [0.05, 0.1) is 29.9 Å². The number of carbonyl (C=O) groups is 3. The molecule has 9 nitrogen and oxygen atoms in total. The van der Waals surface area contributed by atoms with Crippen molar-refractivity contribution in [3.8, 4) is 5.75 Å². The number of aromatic hydroxyl groups is 1. The molecule has 0 saturated carbocycles. The predicted molar refractivity (Wildman–Crippen MR) is 148 cm³/mol. The van der Waals surface area contributed by atoms with Crippen LogP contribution in [-0.4, -0.2) is 61.3 Å². The summed E-state index contributed by atoms with van der Waals surface area (Å²) in [6, 6.07) is 9.45. The quantitative estimate of drug-likeness (QED) is 0.208. The first-order valence-corrected chi connectivity index (χ1v) is 13.0. The third-order valence-corrected chi connectivity index (χ3v) is 5.95. The highest BCUT2D eigenvalue weighted by atomic mass is 35.5. The highest BCUT2D eigenvalue weighted by Gasteiger charge is 2.26. The highest BCUT2D eigenvalue weighted by Crippen LogP contribution is 2.40. The Bertz CT molecular complexity index is 1110. The molecule has 0 unspecified atom stereocenters. The summed E-state index contributed by atoms with van der Waals surface area (Å²) in [5.41, 5.74) is 0.425. The first-order valence-electron chi connectivity index (χ1n) is 12.2. The molecule has 0 bridgehead atoms. The van der Waals surface area contributed by atoms with Gasteiger partial charge in [0.15, 0.2) is 0 Å². The van der Waals surface area contributed by atoms with E-state index in [1.165, 1.54) is 13.2 Å². The van der Waals surface area contributed by atoms with E-state index < -0.39 is 29.3 Å². The molecule has 0 aliphatic heterocycles. The summed E-state index contributed by atoms with van der Waals surface area (Å²) < 4.78 is 10.1. The SMILES string of the molecule is COC(=O)[C@H](Cc1ccccc1)NC(=O)c1cc(Cl)c(NCCCCNCC(=O)OC(C)(C)C)c(Cl)c1O. The molecule has 2 rings (SSSR count). The predicted octanol–water partition coefficient (Wildman–Crippen LogP) is 4.34. The van der Waals surface area contributed by atoms with Crippen molar-refractivity contribution in [1.82, 2.24) is 10.6 Å². The van der Waals surface area contributed by atoms with Crippen molar-refractivity contribution in [2.75, 3.05) is 32.1 Å². The summed E-state index contributed by atoms with van der Waals surface area (Å²) >= 11 is 12.7. The molecule has 0 aromatic heterocycles. The van der Waals surface area contributed by atoms with Crippen LogP contribution >= 0.6 is 23.2 Å². The number of rotatable bonds is 13. The first-order chi connectivity index (χ1) is 17.9. The lowest BCUT2D eigenvalue weighted by molar-refractivity contribution is -0.153. The van der Waals surface area contributed by atoms with Crippen LogP contribution in [0.25, 0.3) is 0 Å². The molecule has 1 amide bonds. The van der Waals surface area contributed by atoms with Gasteiger partial charge in [0, 0.05) is 13.0 Å². The minimum absolute atomic E-state index is 0.108. The number of halogens is 2. The lowest BCUT2D eigenvalue weighted by Crippen LogP contribution is -2.43. The maximum absolute atomic E-state index is 12.9. The fourth-order valence-corrected chi connectivity index (χ4v) is 4.11. The fraction of sp³-hybridized carbons (Fsp3) is 0.444. The molecule has 208 valence electrons. The van der Waals surface area contributed by atoms with E-state index in [-0.39, 0.29) is 40.2 Å². The molecule has 0 aliphatic carbocycles. The Morgan fingerprint density at radius 2 is 1.71 bits per heavy atom. The van der Waals surface area contributed by atoms with E-state index >= 15 is 0 Å². The van der Waals surface area contributed by atoms with Crippen molar-refractivity contribution >= 4 is 46.7 Å². The monoisotopic (exact) mass is 567 g/mol. The molecule has 0 fully saturated rings. The zero-order valence-corrected chi connectivity index (χ0v) is 23.5. The second kappa shape index (κ2) is 14.8. The maximum atomic E-state index is 12.9. The number of amides is 1. The van der Waals surface area contributed by atoms with Crippen LogP contribution < -0.4 is 16.0 Å². The molecule has 0 heterocycles. The Morgan fingerprint density at radius 3 is 2.34 bits per heavy atom. The Morgan fingerprint density at radius 1 is 1.05 bits per heavy atom. The number of phenols is 1. The number of nitrogens with one attached hydrogen (secondary N) is 3. The average Bonchev–Trinajstić information content (AvgIpc) is 2.85. The summed E-state index contributed by atoms with van der Waals surface area (Å²) in [6.45, 7) is 6.66. The molecule has 1 atom stereocenters. The Labute approximate surface area is 233 Å². The summed E-state index contributed by atoms with van der Waals surface area (Å²) in [5, 5.41) is 19.3. The topological polar surface area (TPSA) is 126 Å². The van der Waals surface area contributed by atoms with Crippen molar-refractivity contribution in [2.24, 2.45) is 0 Å². The standard InChI is InChI=1S/C27H35Cl2N3O6/c1-27(2,3)38-21(33)16-30-12-8-9-13-31-23-19(28)15-18(24(34)22(23)29)25(35)32-20(26(36)37-4)14-17-10-6-5-7-11-17/h5-7,10-11,15,20,30-31,34H,8-9,12-14,16H2,1-4H3,(H,32,35)/t20-/m0/s1.